The number of aliphatic carboxylic acids is 1. The third kappa shape index (κ3) is 7.55. The van der Waals surface area contributed by atoms with Gasteiger partial charge in [-0.1, -0.05) is 54.6 Å². The van der Waals surface area contributed by atoms with Crippen LogP contribution in [0.5, 0.6) is 17.2 Å². The van der Waals surface area contributed by atoms with Gasteiger partial charge in [0.15, 0.2) is 18.1 Å². The molecule has 234 valence electrons. The average Bonchev–Trinajstić information content (AvgIpc) is 3.08. The van der Waals surface area contributed by atoms with Gasteiger partial charge in [0.05, 0.1) is 14.2 Å². The molecule has 1 saturated heterocycles. The van der Waals surface area contributed by atoms with E-state index in [1.165, 1.54) is 0 Å². The first kappa shape index (κ1) is 31.4. The number of nitrogens with zero attached hydrogens (tertiary/aromatic N) is 1. The number of hydrogen-bond donors (Lipinski definition) is 1. The molecule has 0 saturated carbocycles. The molecule has 9 nitrogen and oxygen atoms in total. The van der Waals surface area contributed by atoms with Crippen molar-refractivity contribution in [3.63, 3.8) is 0 Å². The molecule has 0 aromatic heterocycles. The second-order valence-electron chi connectivity index (χ2n) is 10.9. The fraction of sp³-hybridized carbons (Fsp3) is 0.306. The fourth-order valence-corrected chi connectivity index (χ4v) is 5.78. The van der Waals surface area contributed by atoms with Crippen molar-refractivity contribution in [2.45, 2.75) is 44.2 Å². The predicted octanol–water partition coefficient (Wildman–Crippen LogP) is 6.23. The Hall–Kier alpha value is -5.05. The quantitative estimate of drug-likeness (QED) is 0.188. The molecule has 1 fully saturated rings. The summed E-state index contributed by atoms with van der Waals surface area (Å²) in [6.07, 6.45) is 2.38. The number of likely N-dealkylation sites (tertiary alicyclic amines) is 1. The number of carbonyl (C=O) groups excluding carboxylic acids is 2. The molecule has 0 aliphatic carbocycles. The minimum atomic E-state index is -1.09. The first-order valence-electron chi connectivity index (χ1n) is 15.0. The van der Waals surface area contributed by atoms with Gasteiger partial charge in [-0.3, -0.25) is 4.79 Å². The minimum absolute atomic E-state index is 0.195. The maximum absolute atomic E-state index is 13.9. The van der Waals surface area contributed by atoms with Crippen LogP contribution < -0.4 is 14.2 Å². The highest BCUT2D eigenvalue weighted by molar-refractivity contribution is 6.08. The Bertz CT molecular complexity index is 1660. The van der Waals surface area contributed by atoms with E-state index in [1.54, 1.807) is 43.4 Å². The molecular formula is C36H37NO8. The molecule has 9 heteroatoms. The number of methoxy groups -OCH3 is 2. The predicted molar refractivity (Wildman–Crippen MR) is 169 cm³/mol. The number of aryl methyl sites for hydroxylation is 1. The third-order valence-corrected chi connectivity index (χ3v) is 8.05. The Balaban J connectivity index is 1.40. The van der Waals surface area contributed by atoms with Gasteiger partial charge in [0.2, 0.25) is 0 Å². The van der Waals surface area contributed by atoms with Gasteiger partial charge < -0.3 is 29.0 Å². The van der Waals surface area contributed by atoms with Crippen molar-refractivity contribution < 1.29 is 38.4 Å². The van der Waals surface area contributed by atoms with E-state index in [4.69, 9.17) is 24.1 Å². The average molecular weight is 612 g/mol. The first-order chi connectivity index (χ1) is 21.9. The summed E-state index contributed by atoms with van der Waals surface area (Å²) in [7, 11) is 3.15. The Morgan fingerprint density at radius 1 is 0.889 bits per heavy atom. The van der Waals surface area contributed by atoms with E-state index in [9.17, 15) is 14.4 Å². The van der Waals surface area contributed by atoms with Crippen molar-refractivity contribution in [3.05, 3.63) is 102 Å². The summed E-state index contributed by atoms with van der Waals surface area (Å²) < 4.78 is 22.5. The summed E-state index contributed by atoms with van der Waals surface area (Å²) in [5.41, 5.74) is 2.17. The maximum atomic E-state index is 13.9. The number of benzene rings is 4. The summed E-state index contributed by atoms with van der Waals surface area (Å²) in [5, 5.41) is 10.9. The van der Waals surface area contributed by atoms with E-state index in [0.717, 1.165) is 29.2 Å². The molecule has 0 bridgehead atoms. The molecule has 45 heavy (non-hydrogen) atoms. The smallest absolute Gasteiger partial charge is 0.341 e. The molecule has 4 aromatic carbocycles. The third-order valence-electron chi connectivity index (χ3n) is 8.05. The maximum Gasteiger partial charge on any atom is 0.341 e. The highest BCUT2D eigenvalue weighted by Crippen LogP contribution is 2.32. The molecule has 1 aliphatic heterocycles. The summed E-state index contributed by atoms with van der Waals surface area (Å²) in [6, 6.07) is 25.1. The summed E-state index contributed by atoms with van der Waals surface area (Å²) in [4.78, 5) is 40.6. The largest absolute Gasteiger partial charge is 0.493 e. The standard InChI is InChI=1S/C36H37NO8/c1-42-32-19-17-24(21-33(32)43-2)16-18-31(26-11-7-12-27(22-26)44-23-34(38)39)45-36(41)30-15-5-6-20-37(30)35(40)29-14-8-10-25-9-3-4-13-28(25)29/h3-4,7-14,17,19,21-22,30-31H,5-6,15-16,18,20,23H2,1-2H3,(H,38,39)/t30-,31+/m0/s1. The Kier molecular flexibility index (Phi) is 10.2. The van der Waals surface area contributed by atoms with Gasteiger partial charge in [-0.25, -0.2) is 9.59 Å². The zero-order valence-electron chi connectivity index (χ0n) is 25.4. The summed E-state index contributed by atoms with van der Waals surface area (Å²) in [6.45, 7) is -0.0382. The number of carbonyl (C=O) groups is 3. The molecule has 0 unspecified atom stereocenters. The van der Waals surface area contributed by atoms with E-state index in [-0.39, 0.29) is 5.91 Å². The van der Waals surface area contributed by atoms with E-state index < -0.39 is 30.7 Å². The topological polar surface area (TPSA) is 112 Å². The van der Waals surface area contributed by atoms with Crippen LogP contribution in [-0.2, 0) is 20.7 Å². The van der Waals surface area contributed by atoms with Crippen LogP contribution in [0.3, 0.4) is 0 Å². The van der Waals surface area contributed by atoms with Crippen LogP contribution in [-0.4, -0.2) is 61.3 Å². The first-order valence-corrected chi connectivity index (χ1v) is 15.0. The van der Waals surface area contributed by atoms with E-state index in [1.807, 2.05) is 60.7 Å². The number of ether oxygens (including phenoxy) is 4. The molecule has 1 amide bonds. The Labute approximate surface area is 262 Å². The SMILES string of the molecule is COc1ccc(CC[C@@H](OC(=O)[C@@H]2CCCCN2C(=O)c2cccc3ccccc23)c2cccc(OCC(=O)O)c2)cc1OC. The number of hydrogen-bond acceptors (Lipinski definition) is 7. The molecule has 1 N–H and O–H groups in total. The number of carboxylic acid groups (broad SMARTS) is 1. The zero-order valence-corrected chi connectivity index (χ0v) is 25.4. The lowest BCUT2D eigenvalue weighted by Crippen LogP contribution is -2.49. The lowest BCUT2D eigenvalue weighted by atomic mass is 9.97. The van der Waals surface area contributed by atoms with Crippen LogP contribution >= 0.6 is 0 Å². The van der Waals surface area contributed by atoms with Crippen molar-refractivity contribution in [3.8, 4) is 17.2 Å². The molecule has 1 aliphatic rings. The number of esters is 1. The van der Waals surface area contributed by atoms with Crippen molar-refractivity contribution >= 4 is 28.6 Å². The van der Waals surface area contributed by atoms with E-state index in [2.05, 4.69) is 0 Å². The normalized spacial score (nSPS) is 15.2. The van der Waals surface area contributed by atoms with Crippen molar-refractivity contribution in [2.24, 2.45) is 0 Å². The van der Waals surface area contributed by atoms with Crippen LogP contribution in [0, 0.1) is 0 Å². The second-order valence-corrected chi connectivity index (χ2v) is 10.9. The van der Waals surface area contributed by atoms with E-state index in [0.29, 0.717) is 54.2 Å². The van der Waals surface area contributed by atoms with Gasteiger partial charge >= 0.3 is 11.9 Å². The summed E-state index contributed by atoms with van der Waals surface area (Å²) in [5.74, 6) is -0.201. The molecule has 2 atom stereocenters. The van der Waals surface area contributed by atoms with Gasteiger partial charge in [0.1, 0.15) is 17.9 Å². The van der Waals surface area contributed by atoms with Gasteiger partial charge in [0, 0.05) is 12.1 Å². The highest BCUT2D eigenvalue weighted by Gasteiger charge is 2.35. The molecule has 1 heterocycles. The lowest BCUT2D eigenvalue weighted by molar-refractivity contribution is -0.156. The molecular weight excluding hydrogens is 574 g/mol. The zero-order chi connectivity index (χ0) is 31.8. The van der Waals surface area contributed by atoms with Gasteiger partial charge in [-0.15, -0.1) is 0 Å². The van der Waals surface area contributed by atoms with Gasteiger partial charge in [-0.05, 0) is 84.3 Å². The van der Waals surface area contributed by atoms with Crippen LogP contribution in [0.25, 0.3) is 10.8 Å². The van der Waals surface area contributed by atoms with Crippen LogP contribution in [0.15, 0.2) is 84.9 Å². The molecule has 0 radical (unpaired) electrons. The summed E-state index contributed by atoms with van der Waals surface area (Å²) >= 11 is 0. The number of fused-ring (bicyclic) bond motifs is 1. The highest BCUT2D eigenvalue weighted by atomic mass is 16.5. The van der Waals surface area contributed by atoms with Gasteiger partial charge in [-0.2, -0.15) is 0 Å². The van der Waals surface area contributed by atoms with Crippen molar-refractivity contribution in [2.75, 3.05) is 27.4 Å². The van der Waals surface area contributed by atoms with Crippen molar-refractivity contribution in [1.82, 2.24) is 4.90 Å². The molecule has 0 spiro atoms. The van der Waals surface area contributed by atoms with Crippen LogP contribution in [0.4, 0.5) is 0 Å². The minimum Gasteiger partial charge on any atom is -0.493 e. The monoisotopic (exact) mass is 611 g/mol. The second kappa shape index (κ2) is 14.6. The van der Waals surface area contributed by atoms with Crippen molar-refractivity contribution in [1.29, 1.82) is 0 Å². The van der Waals surface area contributed by atoms with Crippen LogP contribution in [0.1, 0.15) is 53.3 Å². The number of carboxylic acids is 1. The fourth-order valence-electron chi connectivity index (χ4n) is 5.78. The molecule has 5 rings (SSSR count). The van der Waals surface area contributed by atoms with Crippen LogP contribution in [0.2, 0.25) is 0 Å². The molecule has 4 aromatic rings. The van der Waals surface area contributed by atoms with Gasteiger partial charge in [0.25, 0.3) is 5.91 Å². The number of rotatable bonds is 12. The Morgan fingerprint density at radius 3 is 2.47 bits per heavy atom. The van der Waals surface area contributed by atoms with E-state index >= 15 is 0 Å². The number of amides is 1. The lowest BCUT2D eigenvalue weighted by Gasteiger charge is -2.35. The number of piperidine rings is 1. The Morgan fingerprint density at radius 2 is 1.67 bits per heavy atom.